The predicted octanol–water partition coefficient (Wildman–Crippen LogP) is 1.62. The summed E-state index contributed by atoms with van der Waals surface area (Å²) in [5.41, 5.74) is 0.666. The fourth-order valence-electron chi connectivity index (χ4n) is 2.52. The molecule has 0 radical (unpaired) electrons. The van der Waals surface area contributed by atoms with Gasteiger partial charge >= 0.3 is 5.97 Å². The second-order valence-corrected chi connectivity index (χ2v) is 4.90. The normalized spacial score (nSPS) is 24.1. The molecular weight excluding hydrogens is 234 g/mol. The zero-order valence-electron chi connectivity index (χ0n) is 10.3. The highest BCUT2D eigenvalue weighted by atomic mass is 16.4. The molecule has 0 aliphatic heterocycles. The molecule has 1 aromatic heterocycles. The van der Waals surface area contributed by atoms with E-state index in [4.69, 9.17) is 9.52 Å². The quantitative estimate of drug-likeness (QED) is 0.742. The Balaban J connectivity index is 1.78. The third kappa shape index (κ3) is 3.34. The largest absolute Gasteiger partial charge is 0.475 e. The van der Waals surface area contributed by atoms with Crippen molar-refractivity contribution in [3.05, 3.63) is 23.7 Å². The van der Waals surface area contributed by atoms with Crippen LogP contribution < -0.4 is 5.32 Å². The van der Waals surface area contributed by atoms with Crippen LogP contribution in [0, 0.1) is 5.92 Å². The SMILES string of the molecule is O=C(O)c1occc1CNCC1CCCC(O)C1. The van der Waals surface area contributed by atoms with Crippen LogP contribution in [-0.4, -0.2) is 28.8 Å². The number of aliphatic hydroxyl groups is 1. The lowest BCUT2D eigenvalue weighted by atomic mass is 9.87. The molecule has 1 heterocycles. The summed E-state index contributed by atoms with van der Waals surface area (Å²) in [7, 11) is 0. The van der Waals surface area contributed by atoms with E-state index < -0.39 is 5.97 Å². The maximum atomic E-state index is 10.8. The van der Waals surface area contributed by atoms with Gasteiger partial charge in [0.15, 0.2) is 0 Å². The van der Waals surface area contributed by atoms with E-state index in [1.54, 1.807) is 6.07 Å². The Kier molecular flexibility index (Phi) is 4.38. The van der Waals surface area contributed by atoms with Crippen LogP contribution in [0.2, 0.25) is 0 Å². The lowest BCUT2D eigenvalue weighted by Gasteiger charge is -2.25. The second-order valence-electron chi connectivity index (χ2n) is 4.90. The van der Waals surface area contributed by atoms with E-state index in [-0.39, 0.29) is 11.9 Å². The van der Waals surface area contributed by atoms with Crippen LogP contribution in [0.25, 0.3) is 0 Å². The van der Waals surface area contributed by atoms with E-state index in [0.29, 0.717) is 18.0 Å². The van der Waals surface area contributed by atoms with Crippen molar-refractivity contribution in [2.75, 3.05) is 6.54 Å². The summed E-state index contributed by atoms with van der Waals surface area (Å²) < 4.78 is 4.91. The fraction of sp³-hybridized carbons (Fsp3) is 0.615. The number of rotatable bonds is 5. The third-order valence-electron chi connectivity index (χ3n) is 3.44. The third-order valence-corrected chi connectivity index (χ3v) is 3.44. The zero-order valence-corrected chi connectivity index (χ0v) is 10.3. The maximum Gasteiger partial charge on any atom is 0.372 e. The Morgan fingerprint density at radius 1 is 1.50 bits per heavy atom. The lowest BCUT2D eigenvalue weighted by molar-refractivity contribution is 0.0660. The van der Waals surface area contributed by atoms with Gasteiger partial charge in [0.05, 0.1) is 12.4 Å². The van der Waals surface area contributed by atoms with Gasteiger partial charge in [-0.1, -0.05) is 6.42 Å². The predicted molar refractivity (Wildman–Crippen MR) is 65.3 cm³/mol. The Hall–Kier alpha value is -1.33. The lowest BCUT2D eigenvalue weighted by Crippen LogP contribution is -2.29. The molecule has 0 spiro atoms. The van der Waals surface area contributed by atoms with Gasteiger partial charge in [0, 0.05) is 12.1 Å². The molecule has 18 heavy (non-hydrogen) atoms. The molecule has 2 rings (SSSR count). The summed E-state index contributed by atoms with van der Waals surface area (Å²) in [5.74, 6) is -0.551. The van der Waals surface area contributed by atoms with Crippen molar-refractivity contribution < 1.29 is 19.4 Å². The molecule has 1 fully saturated rings. The van der Waals surface area contributed by atoms with Crippen molar-refractivity contribution >= 4 is 5.97 Å². The molecule has 1 aliphatic rings. The molecule has 1 saturated carbocycles. The summed E-state index contributed by atoms with van der Waals surface area (Å²) in [6, 6.07) is 1.67. The van der Waals surface area contributed by atoms with Gasteiger partial charge in [-0.05, 0) is 37.8 Å². The molecule has 0 saturated heterocycles. The molecular formula is C13H19NO4. The van der Waals surface area contributed by atoms with E-state index in [9.17, 15) is 9.90 Å². The van der Waals surface area contributed by atoms with Crippen LogP contribution in [0.4, 0.5) is 0 Å². The van der Waals surface area contributed by atoms with Crippen LogP contribution in [-0.2, 0) is 6.54 Å². The number of carboxylic acids is 1. The van der Waals surface area contributed by atoms with Crippen molar-refractivity contribution in [3.8, 4) is 0 Å². The van der Waals surface area contributed by atoms with Crippen molar-refractivity contribution in [2.24, 2.45) is 5.92 Å². The molecule has 100 valence electrons. The first-order valence-electron chi connectivity index (χ1n) is 6.35. The standard InChI is InChI=1S/C13H19NO4/c15-11-3-1-2-9(6-11)7-14-8-10-4-5-18-12(10)13(16)17/h4-5,9,11,14-15H,1-3,6-8H2,(H,16,17). The van der Waals surface area contributed by atoms with Crippen molar-refractivity contribution in [1.29, 1.82) is 0 Å². The van der Waals surface area contributed by atoms with Crippen LogP contribution in [0.3, 0.4) is 0 Å². The Labute approximate surface area is 106 Å². The number of carboxylic acid groups (broad SMARTS) is 1. The van der Waals surface area contributed by atoms with E-state index in [1.807, 2.05) is 0 Å². The minimum Gasteiger partial charge on any atom is -0.475 e. The molecule has 1 aromatic rings. The van der Waals surface area contributed by atoms with Gasteiger partial charge in [-0.25, -0.2) is 4.79 Å². The smallest absolute Gasteiger partial charge is 0.372 e. The summed E-state index contributed by atoms with van der Waals surface area (Å²) in [6.45, 7) is 1.30. The number of aliphatic hydroxyl groups excluding tert-OH is 1. The summed E-state index contributed by atoms with van der Waals surface area (Å²) in [6.07, 6.45) is 5.16. The van der Waals surface area contributed by atoms with E-state index >= 15 is 0 Å². The van der Waals surface area contributed by atoms with Gasteiger partial charge in [-0.3, -0.25) is 0 Å². The van der Waals surface area contributed by atoms with Crippen molar-refractivity contribution in [3.63, 3.8) is 0 Å². The van der Waals surface area contributed by atoms with Crippen LogP contribution >= 0.6 is 0 Å². The number of hydrogen-bond acceptors (Lipinski definition) is 4. The number of aromatic carboxylic acids is 1. The highest BCUT2D eigenvalue weighted by molar-refractivity contribution is 5.86. The summed E-state index contributed by atoms with van der Waals surface area (Å²) in [5, 5.41) is 21.7. The molecule has 2 unspecified atom stereocenters. The van der Waals surface area contributed by atoms with Crippen molar-refractivity contribution in [1.82, 2.24) is 5.32 Å². The molecule has 3 N–H and O–H groups in total. The van der Waals surface area contributed by atoms with Gasteiger partial charge in [0.25, 0.3) is 0 Å². The molecule has 5 nitrogen and oxygen atoms in total. The average Bonchev–Trinajstić information content (AvgIpc) is 2.77. The molecule has 2 atom stereocenters. The highest BCUT2D eigenvalue weighted by Gasteiger charge is 2.20. The van der Waals surface area contributed by atoms with Gasteiger partial charge in [0.2, 0.25) is 5.76 Å². The van der Waals surface area contributed by atoms with Crippen LogP contribution in [0.5, 0.6) is 0 Å². The van der Waals surface area contributed by atoms with Gasteiger partial charge in [0.1, 0.15) is 0 Å². The van der Waals surface area contributed by atoms with E-state index in [0.717, 1.165) is 32.2 Å². The first-order valence-corrected chi connectivity index (χ1v) is 6.35. The average molecular weight is 253 g/mol. The van der Waals surface area contributed by atoms with Crippen LogP contribution in [0.15, 0.2) is 16.7 Å². The topological polar surface area (TPSA) is 82.7 Å². The Morgan fingerprint density at radius 2 is 2.33 bits per heavy atom. The number of furan rings is 1. The minimum atomic E-state index is -1.04. The number of hydrogen-bond donors (Lipinski definition) is 3. The summed E-state index contributed by atoms with van der Waals surface area (Å²) in [4.78, 5) is 10.8. The second kappa shape index (κ2) is 6.02. The minimum absolute atomic E-state index is 0.00572. The van der Waals surface area contributed by atoms with Gasteiger partial charge in [-0.2, -0.15) is 0 Å². The van der Waals surface area contributed by atoms with Gasteiger partial charge < -0.3 is 19.9 Å². The molecule has 0 bridgehead atoms. The zero-order chi connectivity index (χ0) is 13.0. The highest BCUT2D eigenvalue weighted by Crippen LogP contribution is 2.23. The summed E-state index contributed by atoms with van der Waals surface area (Å²) >= 11 is 0. The molecule has 1 aliphatic carbocycles. The number of nitrogens with one attached hydrogen (secondary N) is 1. The first-order chi connectivity index (χ1) is 8.66. The van der Waals surface area contributed by atoms with E-state index in [2.05, 4.69) is 5.32 Å². The Morgan fingerprint density at radius 3 is 3.06 bits per heavy atom. The van der Waals surface area contributed by atoms with E-state index in [1.165, 1.54) is 6.26 Å². The van der Waals surface area contributed by atoms with Crippen molar-refractivity contribution in [2.45, 2.75) is 38.3 Å². The first kappa shape index (κ1) is 13.1. The Bertz CT molecular complexity index is 401. The molecule has 0 aromatic carbocycles. The monoisotopic (exact) mass is 253 g/mol. The molecule has 0 amide bonds. The van der Waals surface area contributed by atoms with Crippen LogP contribution in [0.1, 0.15) is 41.8 Å². The number of carbonyl (C=O) groups is 1. The maximum absolute atomic E-state index is 10.8. The fourth-order valence-corrected chi connectivity index (χ4v) is 2.52. The van der Waals surface area contributed by atoms with Gasteiger partial charge in [-0.15, -0.1) is 0 Å². The molecule has 5 heteroatoms.